The molecule has 1 N–H and O–H groups in total. The van der Waals surface area contributed by atoms with Crippen molar-refractivity contribution in [3.63, 3.8) is 0 Å². The van der Waals surface area contributed by atoms with E-state index in [0.717, 1.165) is 26.2 Å². The van der Waals surface area contributed by atoms with Gasteiger partial charge in [0.1, 0.15) is 0 Å². The van der Waals surface area contributed by atoms with E-state index in [0.29, 0.717) is 12.1 Å². The van der Waals surface area contributed by atoms with Gasteiger partial charge in [0, 0.05) is 44.0 Å². The van der Waals surface area contributed by atoms with Crippen LogP contribution in [-0.4, -0.2) is 43.2 Å². The monoisotopic (exact) mass is 275 g/mol. The number of hydrogen-bond donors (Lipinski definition) is 1. The highest BCUT2D eigenvalue weighted by molar-refractivity contribution is 5.48. The van der Waals surface area contributed by atoms with Crippen LogP contribution in [0.15, 0.2) is 24.3 Å². The zero-order valence-corrected chi connectivity index (χ0v) is 13.4. The molecule has 3 heteroatoms. The molecule has 112 valence electrons. The lowest BCUT2D eigenvalue weighted by molar-refractivity contribution is 0.199. The number of anilines is 1. The third-order valence-corrected chi connectivity index (χ3v) is 4.19. The minimum absolute atomic E-state index is 0.539. The van der Waals surface area contributed by atoms with Crippen LogP contribution in [0.25, 0.3) is 0 Å². The first-order valence-electron chi connectivity index (χ1n) is 7.91. The molecule has 1 aromatic carbocycles. The molecule has 1 unspecified atom stereocenters. The van der Waals surface area contributed by atoms with Crippen molar-refractivity contribution >= 4 is 5.69 Å². The van der Waals surface area contributed by atoms with Gasteiger partial charge in [-0.2, -0.15) is 0 Å². The lowest BCUT2D eigenvalue weighted by Crippen LogP contribution is -2.51. The molecule has 3 nitrogen and oxygen atoms in total. The molecule has 2 rings (SSSR count). The van der Waals surface area contributed by atoms with E-state index < -0.39 is 0 Å². The lowest BCUT2D eigenvalue weighted by Gasteiger charge is -2.40. The Hall–Kier alpha value is -1.06. The predicted molar refractivity (Wildman–Crippen MR) is 87.3 cm³/mol. The van der Waals surface area contributed by atoms with Gasteiger partial charge in [-0.25, -0.2) is 0 Å². The average molecular weight is 275 g/mol. The Morgan fingerprint density at radius 3 is 2.45 bits per heavy atom. The fraction of sp³-hybridized carbons (Fsp3) is 0.647. The van der Waals surface area contributed by atoms with Gasteiger partial charge in [0.15, 0.2) is 0 Å². The minimum atomic E-state index is 0.539. The van der Waals surface area contributed by atoms with Crippen molar-refractivity contribution in [2.45, 2.75) is 46.3 Å². The first kappa shape index (κ1) is 15.3. The van der Waals surface area contributed by atoms with Gasteiger partial charge < -0.3 is 10.2 Å². The first-order chi connectivity index (χ1) is 9.60. The summed E-state index contributed by atoms with van der Waals surface area (Å²) in [5, 5.41) is 3.46. The van der Waals surface area contributed by atoms with Gasteiger partial charge in [-0.15, -0.1) is 0 Å². The summed E-state index contributed by atoms with van der Waals surface area (Å²) < 4.78 is 0. The molecular weight excluding hydrogens is 246 g/mol. The molecule has 0 amide bonds. The maximum atomic E-state index is 3.46. The molecule has 1 atom stereocenters. The van der Waals surface area contributed by atoms with Gasteiger partial charge in [0.2, 0.25) is 0 Å². The molecular formula is C17H29N3. The summed E-state index contributed by atoms with van der Waals surface area (Å²) in [6, 6.07) is 10.2. The highest BCUT2D eigenvalue weighted by Crippen LogP contribution is 2.19. The molecule has 1 aliphatic rings. The van der Waals surface area contributed by atoms with Crippen molar-refractivity contribution in [3.05, 3.63) is 29.8 Å². The number of hydrogen-bond acceptors (Lipinski definition) is 3. The molecule has 1 fully saturated rings. The van der Waals surface area contributed by atoms with Crippen LogP contribution < -0.4 is 10.2 Å². The third kappa shape index (κ3) is 3.97. The van der Waals surface area contributed by atoms with Crippen molar-refractivity contribution in [2.24, 2.45) is 0 Å². The van der Waals surface area contributed by atoms with Crippen LogP contribution in [0.3, 0.4) is 0 Å². The number of likely N-dealkylation sites (N-methyl/N-ethyl adjacent to an activating group) is 1. The smallest absolute Gasteiger partial charge is 0.0367 e. The Morgan fingerprint density at radius 2 is 1.90 bits per heavy atom. The number of rotatable bonds is 5. The largest absolute Gasteiger partial charge is 0.369 e. The fourth-order valence-electron chi connectivity index (χ4n) is 2.85. The van der Waals surface area contributed by atoms with Crippen molar-refractivity contribution < 1.29 is 0 Å². The maximum Gasteiger partial charge on any atom is 0.0367 e. The molecule has 20 heavy (non-hydrogen) atoms. The van der Waals surface area contributed by atoms with E-state index in [9.17, 15) is 0 Å². The Morgan fingerprint density at radius 1 is 1.20 bits per heavy atom. The van der Waals surface area contributed by atoms with E-state index in [-0.39, 0.29) is 0 Å². The fourth-order valence-corrected chi connectivity index (χ4v) is 2.85. The summed E-state index contributed by atoms with van der Waals surface area (Å²) >= 11 is 0. The van der Waals surface area contributed by atoms with E-state index in [1.54, 1.807) is 0 Å². The average Bonchev–Trinajstić information content (AvgIpc) is 2.45. The van der Waals surface area contributed by atoms with E-state index in [1.165, 1.54) is 17.8 Å². The topological polar surface area (TPSA) is 18.5 Å². The summed E-state index contributed by atoms with van der Waals surface area (Å²) in [4.78, 5) is 5.06. The van der Waals surface area contributed by atoms with Crippen LogP contribution in [-0.2, 0) is 6.54 Å². The van der Waals surface area contributed by atoms with Crippen molar-refractivity contribution in [1.29, 1.82) is 0 Å². The van der Waals surface area contributed by atoms with Crippen LogP contribution in [0, 0.1) is 0 Å². The zero-order valence-electron chi connectivity index (χ0n) is 13.4. The summed E-state index contributed by atoms with van der Waals surface area (Å²) in [6.07, 6.45) is 0. The summed E-state index contributed by atoms with van der Waals surface area (Å²) in [6.45, 7) is 14.5. The van der Waals surface area contributed by atoms with E-state index in [1.807, 2.05) is 0 Å². The Bertz CT molecular complexity index is 399. The van der Waals surface area contributed by atoms with Gasteiger partial charge >= 0.3 is 0 Å². The van der Waals surface area contributed by atoms with Crippen molar-refractivity contribution in [3.8, 4) is 0 Å². The lowest BCUT2D eigenvalue weighted by atomic mass is 10.1. The second kappa shape index (κ2) is 7.09. The summed E-state index contributed by atoms with van der Waals surface area (Å²) in [5.41, 5.74) is 2.73. The second-order valence-electron chi connectivity index (χ2n) is 6.13. The molecule has 0 radical (unpaired) electrons. The van der Waals surface area contributed by atoms with Gasteiger partial charge in [0.05, 0.1) is 0 Å². The van der Waals surface area contributed by atoms with Gasteiger partial charge in [-0.3, -0.25) is 4.90 Å². The number of piperazine rings is 1. The number of nitrogens with zero attached hydrogens (tertiary/aromatic N) is 2. The zero-order chi connectivity index (χ0) is 14.5. The highest BCUT2D eigenvalue weighted by atomic mass is 15.3. The van der Waals surface area contributed by atoms with Crippen LogP contribution in [0.5, 0.6) is 0 Å². The van der Waals surface area contributed by atoms with Crippen LogP contribution in [0.2, 0.25) is 0 Å². The molecule has 1 aliphatic heterocycles. The Kier molecular flexibility index (Phi) is 5.44. The summed E-state index contributed by atoms with van der Waals surface area (Å²) in [7, 11) is 0. The Balaban J connectivity index is 1.93. The summed E-state index contributed by atoms with van der Waals surface area (Å²) in [5.74, 6) is 0. The van der Waals surface area contributed by atoms with Crippen molar-refractivity contribution in [2.75, 3.05) is 31.1 Å². The molecule has 1 saturated heterocycles. The first-order valence-corrected chi connectivity index (χ1v) is 7.91. The SMILES string of the molecule is CCN1CCN(c2ccc(CNC(C)C)cc2)CC1C. The quantitative estimate of drug-likeness (QED) is 0.891. The van der Waals surface area contributed by atoms with Gasteiger partial charge in [0.25, 0.3) is 0 Å². The highest BCUT2D eigenvalue weighted by Gasteiger charge is 2.22. The number of benzene rings is 1. The minimum Gasteiger partial charge on any atom is -0.369 e. The van der Waals surface area contributed by atoms with Crippen molar-refractivity contribution in [1.82, 2.24) is 10.2 Å². The molecule has 0 bridgehead atoms. The predicted octanol–water partition coefficient (Wildman–Crippen LogP) is 2.72. The molecule has 0 aliphatic carbocycles. The number of nitrogens with one attached hydrogen (secondary N) is 1. The molecule has 0 aromatic heterocycles. The normalized spacial score (nSPS) is 20.6. The maximum absolute atomic E-state index is 3.46. The second-order valence-corrected chi connectivity index (χ2v) is 6.13. The van der Waals surface area contributed by atoms with Crippen LogP contribution in [0.4, 0.5) is 5.69 Å². The van der Waals surface area contributed by atoms with Crippen LogP contribution in [0.1, 0.15) is 33.3 Å². The third-order valence-electron chi connectivity index (χ3n) is 4.19. The van der Waals surface area contributed by atoms with E-state index in [4.69, 9.17) is 0 Å². The van der Waals surface area contributed by atoms with Crippen LogP contribution >= 0.6 is 0 Å². The van der Waals surface area contributed by atoms with Gasteiger partial charge in [-0.1, -0.05) is 32.9 Å². The molecule has 1 aromatic rings. The van der Waals surface area contributed by atoms with E-state index >= 15 is 0 Å². The van der Waals surface area contributed by atoms with Gasteiger partial charge in [-0.05, 0) is 31.2 Å². The van der Waals surface area contributed by atoms with E-state index in [2.05, 4.69) is 67.1 Å². The molecule has 0 spiro atoms. The molecule has 0 saturated carbocycles. The molecule has 1 heterocycles. The Labute approximate surface area is 124 Å². The standard InChI is InChI=1S/C17H29N3/c1-5-19-10-11-20(13-15(19)4)17-8-6-16(7-9-17)12-18-14(2)3/h6-9,14-15,18H,5,10-13H2,1-4H3.